The standard InChI is InChI=1S/C19H27N5S/c1-3-24-11-7-10-16(24)12-21-19(20)22-13-17-14(2)23-18(25-17)15-8-5-4-6-9-15/h4-6,8-9,16H,3,7,10-13H2,1-2H3,(H3,20,21,22). The molecular formula is C19H27N5S. The van der Waals surface area contributed by atoms with Crippen molar-refractivity contribution in [3.05, 3.63) is 40.9 Å². The number of nitrogens with two attached hydrogens (primary N) is 1. The second-order valence-corrected chi connectivity index (χ2v) is 7.48. The summed E-state index contributed by atoms with van der Waals surface area (Å²) in [6.07, 6.45) is 2.52. The van der Waals surface area contributed by atoms with Gasteiger partial charge in [0.05, 0.1) is 12.2 Å². The normalized spacial score (nSPS) is 18.6. The Kier molecular flexibility index (Phi) is 6.04. The lowest BCUT2D eigenvalue weighted by Crippen LogP contribution is -2.42. The van der Waals surface area contributed by atoms with Gasteiger partial charge in [-0.2, -0.15) is 0 Å². The smallest absolute Gasteiger partial charge is 0.189 e. The number of likely N-dealkylation sites (N-methyl/N-ethyl adjacent to an activating group) is 1. The van der Waals surface area contributed by atoms with Crippen LogP contribution < -0.4 is 11.1 Å². The summed E-state index contributed by atoms with van der Waals surface area (Å²) in [4.78, 5) is 12.8. The molecule has 3 rings (SSSR count). The lowest BCUT2D eigenvalue weighted by Gasteiger charge is -2.23. The molecular weight excluding hydrogens is 330 g/mol. The van der Waals surface area contributed by atoms with Gasteiger partial charge < -0.3 is 11.1 Å². The second kappa shape index (κ2) is 8.45. The zero-order valence-corrected chi connectivity index (χ0v) is 15.9. The largest absolute Gasteiger partial charge is 0.370 e. The zero-order valence-electron chi connectivity index (χ0n) is 15.0. The van der Waals surface area contributed by atoms with Gasteiger partial charge in [-0.05, 0) is 32.9 Å². The molecule has 1 fully saturated rings. The highest BCUT2D eigenvalue weighted by molar-refractivity contribution is 7.15. The minimum absolute atomic E-state index is 0.525. The fraction of sp³-hybridized carbons (Fsp3) is 0.474. The Balaban J connectivity index is 1.57. The fourth-order valence-corrected chi connectivity index (χ4v) is 4.25. The minimum atomic E-state index is 0.525. The van der Waals surface area contributed by atoms with Gasteiger partial charge in [0.25, 0.3) is 0 Å². The van der Waals surface area contributed by atoms with E-state index in [-0.39, 0.29) is 0 Å². The highest BCUT2D eigenvalue weighted by atomic mass is 32.1. The third-order valence-electron chi connectivity index (χ3n) is 4.73. The van der Waals surface area contributed by atoms with Gasteiger partial charge in [0, 0.05) is 23.0 Å². The van der Waals surface area contributed by atoms with Crippen LogP contribution >= 0.6 is 11.3 Å². The van der Waals surface area contributed by atoms with Crippen molar-refractivity contribution in [3.8, 4) is 10.6 Å². The molecule has 1 atom stereocenters. The van der Waals surface area contributed by atoms with E-state index in [1.807, 2.05) is 25.1 Å². The maximum Gasteiger partial charge on any atom is 0.189 e. The van der Waals surface area contributed by atoms with Crippen molar-refractivity contribution in [1.82, 2.24) is 15.2 Å². The number of hydrogen-bond acceptors (Lipinski definition) is 4. The number of rotatable bonds is 6. The zero-order chi connectivity index (χ0) is 17.6. The maximum absolute atomic E-state index is 6.06. The fourth-order valence-electron chi connectivity index (χ4n) is 3.26. The molecule has 5 nitrogen and oxygen atoms in total. The topological polar surface area (TPSA) is 66.5 Å². The van der Waals surface area contributed by atoms with E-state index in [0.29, 0.717) is 18.5 Å². The van der Waals surface area contributed by atoms with E-state index in [0.717, 1.165) is 29.4 Å². The van der Waals surface area contributed by atoms with E-state index in [9.17, 15) is 0 Å². The Morgan fingerprint density at radius 3 is 2.96 bits per heavy atom. The first-order valence-electron chi connectivity index (χ1n) is 8.97. The van der Waals surface area contributed by atoms with Crippen LogP contribution in [0.1, 0.15) is 30.3 Å². The summed E-state index contributed by atoms with van der Waals surface area (Å²) in [5, 5.41) is 4.33. The Hall–Kier alpha value is -1.92. The van der Waals surface area contributed by atoms with Crippen LogP contribution in [-0.4, -0.2) is 41.5 Å². The molecule has 1 aliphatic heterocycles. The third-order valence-corrected chi connectivity index (χ3v) is 5.92. The van der Waals surface area contributed by atoms with Crippen LogP contribution in [0.3, 0.4) is 0 Å². The maximum atomic E-state index is 6.06. The molecule has 0 spiro atoms. The van der Waals surface area contributed by atoms with E-state index < -0.39 is 0 Å². The predicted molar refractivity (Wildman–Crippen MR) is 106 cm³/mol. The van der Waals surface area contributed by atoms with Crippen LogP contribution in [0.4, 0.5) is 0 Å². The van der Waals surface area contributed by atoms with Crippen molar-refractivity contribution >= 4 is 17.3 Å². The van der Waals surface area contributed by atoms with Crippen molar-refractivity contribution in [2.75, 3.05) is 19.6 Å². The van der Waals surface area contributed by atoms with Gasteiger partial charge in [0.1, 0.15) is 5.01 Å². The molecule has 0 radical (unpaired) electrons. The molecule has 1 aromatic heterocycles. The quantitative estimate of drug-likeness (QED) is 0.616. The summed E-state index contributed by atoms with van der Waals surface area (Å²) in [7, 11) is 0. The van der Waals surface area contributed by atoms with E-state index in [1.165, 1.54) is 24.3 Å². The van der Waals surface area contributed by atoms with Gasteiger partial charge in [-0.1, -0.05) is 37.3 Å². The van der Waals surface area contributed by atoms with Crippen LogP contribution in [-0.2, 0) is 6.54 Å². The Bertz CT molecular complexity index is 710. The van der Waals surface area contributed by atoms with E-state index in [4.69, 9.17) is 5.73 Å². The summed E-state index contributed by atoms with van der Waals surface area (Å²) in [5.74, 6) is 0.525. The molecule has 1 aliphatic rings. The van der Waals surface area contributed by atoms with Crippen molar-refractivity contribution in [3.63, 3.8) is 0 Å². The molecule has 6 heteroatoms. The molecule has 2 heterocycles. The summed E-state index contributed by atoms with van der Waals surface area (Å²) in [5.41, 5.74) is 8.25. The number of nitrogens with zero attached hydrogens (tertiary/aromatic N) is 3. The van der Waals surface area contributed by atoms with Crippen molar-refractivity contribution in [1.29, 1.82) is 0 Å². The van der Waals surface area contributed by atoms with Gasteiger partial charge in [0.15, 0.2) is 5.96 Å². The average Bonchev–Trinajstić information content (AvgIpc) is 3.25. The number of aryl methyl sites for hydroxylation is 1. The predicted octanol–water partition coefficient (Wildman–Crippen LogP) is 3.01. The molecule has 134 valence electrons. The van der Waals surface area contributed by atoms with Gasteiger partial charge in [-0.15, -0.1) is 11.3 Å². The highest BCUT2D eigenvalue weighted by Gasteiger charge is 2.22. The second-order valence-electron chi connectivity index (χ2n) is 6.40. The van der Waals surface area contributed by atoms with Gasteiger partial charge in [-0.3, -0.25) is 4.90 Å². The number of nitrogens with one attached hydrogen (secondary N) is 1. The van der Waals surface area contributed by atoms with Crippen LogP contribution in [0.15, 0.2) is 35.3 Å². The Morgan fingerprint density at radius 2 is 2.20 bits per heavy atom. The molecule has 1 saturated heterocycles. The van der Waals surface area contributed by atoms with Gasteiger partial charge in [0.2, 0.25) is 0 Å². The number of likely N-dealkylation sites (tertiary alicyclic amines) is 1. The molecule has 25 heavy (non-hydrogen) atoms. The van der Waals surface area contributed by atoms with Crippen molar-refractivity contribution in [2.45, 2.75) is 39.3 Å². The third kappa shape index (κ3) is 4.58. The first kappa shape index (κ1) is 17.9. The number of thiazole rings is 1. The van der Waals surface area contributed by atoms with Gasteiger partial charge in [-0.25, -0.2) is 9.98 Å². The number of aromatic nitrogens is 1. The van der Waals surface area contributed by atoms with Gasteiger partial charge >= 0.3 is 0 Å². The number of aliphatic imine (C=N–C) groups is 1. The van der Waals surface area contributed by atoms with Crippen LogP contribution in [0.5, 0.6) is 0 Å². The van der Waals surface area contributed by atoms with E-state index >= 15 is 0 Å². The molecule has 2 aromatic rings. The van der Waals surface area contributed by atoms with E-state index in [1.54, 1.807) is 11.3 Å². The Labute approximate surface area is 154 Å². The molecule has 0 saturated carbocycles. The summed E-state index contributed by atoms with van der Waals surface area (Å²) in [6.45, 7) is 8.01. The summed E-state index contributed by atoms with van der Waals surface area (Å²) in [6, 6.07) is 10.8. The minimum Gasteiger partial charge on any atom is -0.370 e. The molecule has 0 aliphatic carbocycles. The van der Waals surface area contributed by atoms with E-state index in [2.05, 4.69) is 39.2 Å². The Morgan fingerprint density at radius 1 is 1.40 bits per heavy atom. The SMILES string of the molecule is CCN1CCCC1CNC(N)=NCc1sc(-c2ccccc2)nc1C. The van der Waals surface area contributed by atoms with Crippen LogP contribution in [0.25, 0.3) is 10.6 Å². The monoisotopic (exact) mass is 357 g/mol. The van der Waals surface area contributed by atoms with Crippen molar-refractivity contribution < 1.29 is 0 Å². The van der Waals surface area contributed by atoms with Crippen molar-refractivity contribution in [2.24, 2.45) is 10.7 Å². The van der Waals surface area contributed by atoms with Crippen LogP contribution in [0.2, 0.25) is 0 Å². The first-order chi connectivity index (χ1) is 12.2. The highest BCUT2D eigenvalue weighted by Crippen LogP contribution is 2.28. The molecule has 3 N–H and O–H groups in total. The van der Waals surface area contributed by atoms with Crippen LogP contribution in [0, 0.1) is 6.92 Å². The lowest BCUT2D eigenvalue weighted by atomic mass is 10.2. The average molecular weight is 358 g/mol. The number of benzene rings is 1. The molecule has 1 unspecified atom stereocenters. The number of guanidine groups is 1. The molecule has 0 bridgehead atoms. The number of hydrogen-bond donors (Lipinski definition) is 2. The molecule has 0 amide bonds. The molecule has 1 aromatic carbocycles. The summed E-state index contributed by atoms with van der Waals surface area (Å²) < 4.78 is 0. The summed E-state index contributed by atoms with van der Waals surface area (Å²) >= 11 is 1.69. The first-order valence-corrected chi connectivity index (χ1v) is 9.78. The lowest BCUT2D eigenvalue weighted by molar-refractivity contribution is 0.267.